The molecule has 0 fully saturated rings. The van der Waals surface area contributed by atoms with E-state index < -0.39 is 10.0 Å². The lowest BCUT2D eigenvalue weighted by Gasteiger charge is -2.13. The first-order chi connectivity index (χ1) is 13.4. The van der Waals surface area contributed by atoms with Crippen LogP contribution in [0, 0.1) is 0 Å². The van der Waals surface area contributed by atoms with Crippen LogP contribution < -0.4 is 14.8 Å². The van der Waals surface area contributed by atoms with E-state index in [9.17, 15) is 13.2 Å². The van der Waals surface area contributed by atoms with Gasteiger partial charge in [-0.3, -0.25) is 4.79 Å². The van der Waals surface area contributed by atoms with Gasteiger partial charge in [0.1, 0.15) is 0 Å². The standard InChI is InChI=1S/C20H25N3O4S/c1-16(2)27-20-18(9-6-12-21-20)15-22-19(24)10-13-23-28(25,26)14-11-17-7-4-3-5-8-17/h3-9,11-12,14,16,23H,10,13,15H2,1-2H3,(H,22,24)/b14-11+. The van der Waals surface area contributed by atoms with E-state index in [4.69, 9.17) is 4.74 Å². The number of nitrogens with zero attached hydrogens (tertiary/aromatic N) is 1. The number of sulfonamides is 1. The van der Waals surface area contributed by atoms with Crippen molar-refractivity contribution < 1.29 is 17.9 Å². The van der Waals surface area contributed by atoms with Crippen LogP contribution in [-0.2, 0) is 21.4 Å². The Morgan fingerprint density at radius 1 is 1.18 bits per heavy atom. The molecule has 1 heterocycles. The maximum Gasteiger partial charge on any atom is 0.233 e. The van der Waals surface area contributed by atoms with E-state index in [1.807, 2.05) is 38.1 Å². The van der Waals surface area contributed by atoms with Crippen molar-refractivity contribution in [2.24, 2.45) is 0 Å². The number of nitrogens with one attached hydrogen (secondary N) is 2. The van der Waals surface area contributed by atoms with Crippen LogP contribution in [0.4, 0.5) is 0 Å². The van der Waals surface area contributed by atoms with Crippen molar-refractivity contribution in [2.45, 2.75) is 32.9 Å². The van der Waals surface area contributed by atoms with Gasteiger partial charge in [0.25, 0.3) is 0 Å². The molecule has 150 valence electrons. The number of hydrogen-bond acceptors (Lipinski definition) is 5. The van der Waals surface area contributed by atoms with E-state index in [1.165, 1.54) is 6.08 Å². The van der Waals surface area contributed by atoms with Crippen molar-refractivity contribution in [2.75, 3.05) is 6.54 Å². The molecule has 0 radical (unpaired) electrons. The van der Waals surface area contributed by atoms with E-state index >= 15 is 0 Å². The van der Waals surface area contributed by atoms with Crippen LogP contribution in [0.15, 0.2) is 54.1 Å². The van der Waals surface area contributed by atoms with Gasteiger partial charge < -0.3 is 10.1 Å². The molecule has 0 aliphatic heterocycles. The summed E-state index contributed by atoms with van der Waals surface area (Å²) in [5.41, 5.74) is 1.54. The lowest BCUT2D eigenvalue weighted by Crippen LogP contribution is -2.29. The van der Waals surface area contributed by atoms with Crippen LogP contribution in [0.5, 0.6) is 5.88 Å². The highest BCUT2D eigenvalue weighted by Crippen LogP contribution is 2.15. The molecular formula is C20H25N3O4S. The van der Waals surface area contributed by atoms with Crippen LogP contribution in [0.25, 0.3) is 6.08 Å². The smallest absolute Gasteiger partial charge is 0.233 e. The third-order valence-corrected chi connectivity index (χ3v) is 4.67. The topological polar surface area (TPSA) is 97.4 Å². The highest BCUT2D eigenvalue weighted by molar-refractivity contribution is 7.92. The number of carbonyl (C=O) groups is 1. The molecule has 0 aliphatic carbocycles. The molecule has 0 atom stereocenters. The third-order valence-electron chi connectivity index (χ3n) is 3.57. The molecule has 0 bridgehead atoms. The lowest BCUT2D eigenvalue weighted by atomic mass is 10.2. The second-order valence-electron chi connectivity index (χ2n) is 6.31. The zero-order chi connectivity index (χ0) is 20.4. The molecule has 8 heteroatoms. The number of ether oxygens (including phenoxy) is 1. The summed E-state index contributed by atoms with van der Waals surface area (Å²) in [6.07, 6.45) is 3.13. The van der Waals surface area contributed by atoms with Gasteiger partial charge in [-0.2, -0.15) is 0 Å². The molecule has 1 aromatic carbocycles. The summed E-state index contributed by atoms with van der Waals surface area (Å²) in [6.45, 7) is 4.07. The molecule has 0 unspecified atom stereocenters. The van der Waals surface area contributed by atoms with Crippen LogP contribution in [0.3, 0.4) is 0 Å². The Bertz CT molecular complexity index is 897. The van der Waals surface area contributed by atoms with E-state index in [0.29, 0.717) is 5.88 Å². The van der Waals surface area contributed by atoms with Gasteiger partial charge in [0.05, 0.1) is 6.10 Å². The largest absolute Gasteiger partial charge is 0.475 e. The number of benzene rings is 1. The van der Waals surface area contributed by atoms with Gasteiger partial charge in [-0.15, -0.1) is 0 Å². The van der Waals surface area contributed by atoms with E-state index in [1.54, 1.807) is 24.4 Å². The Hall–Kier alpha value is -2.71. The predicted molar refractivity (Wildman–Crippen MR) is 109 cm³/mol. The van der Waals surface area contributed by atoms with E-state index in [0.717, 1.165) is 16.5 Å². The zero-order valence-electron chi connectivity index (χ0n) is 16.0. The van der Waals surface area contributed by atoms with Crippen LogP contribution in [0.1, 0.15) is 31.4 Å². The fourth-order valence-electron chi connectivity index (χ4n) is 2.26. The fourth-order valence-corrected chi connectivity index (χ4v) is 3.08. The van der Waals surface area contributed by atoms with Gasteiger partial charge in [0.15, 0.2) is 0 Å². The predicted octanol–water partition coefficient (Wildman–Crippen LogP) is 2.47. The number of aromatic nitrogens is 1. The summed E-state index contributed by atoms with van der Waals surface area (Å²) in [4.78, 5) is 16.2. The highest BCUT2D eigenvalue weighted by atomic mass is 32.2. The lowest BCUT2D eigenvalue weighted by molar-refractivity contribution is -0.121. The first-order valence-corrected chi connectivity index (χ1v) is 10.5. The van der Waals surface area contributed by atoms with Gasteiger partial charge in [-0.1, -0.05) is 36.4 Å². The Labute approximate surface area is 165 Å². The van der Waals surface area contributed by atoms with Crippen molar-refractivity contribution in [3.05, 3.63) is 65.2 Å². The molecule has 7 nitrogen and oxygen atoms in total. The van der Waals surface area contributed by atoms with Crippen molar-refractivity contribution in [1.29, 1.82) is 0 Å². The summed E-state index contributed by atoms with van der Waals surface area (Å²) >= 11 is 0. The molecule has 1 aromatic heterocycles. The molecule has 1 amide bonds. The van der Waals surface area contributed by atoms with Gasteiger partial charge in [-0.25, -0.2) is 18.1 Å². The number of rotatable bonds is 10. The van der Waals surface area contributed by atoms with E-state index in [2.05, 4.69) is 15.0 Å². The minimum atomic E-state index is -3.60. The Morgan fingerprint density at radius 2 is 1.93 bits per heavy atom. The van der Waals surface area contributed by atoms with E-state index in [-0.39, 0.29) is 31.5 Å². The van der Waals surface area contributed by atoms with Crippen molar-refractivity contribution in [1.82, 2.24) is 15.0 Å². The molecule has 0 saturated heterocycles. The number of pyridine rings is 1. The first kappa shape index (κ1) is 21.6. The molecule has 2 N–H and O–H groups in total. The number of amides is 1. The summed E-state index contributed by atoms with van der Waals surface area (Å²) < 4.78 is 31.9. The van der Waals surface area contributed by atoms with Crippen molar-refractivity contribution in [3.8, 4) is 5.88 Å². The Kier molecular flexibility index (Phi) is 8.16. The average molecular weight is 404 g/mol. The molecule has 0 saturated carbocycles. The zero-order valence-corrected chi connectivity index (χ0v) is 16.8. The number of carbonyl (C=O) groups excluding carboxylic acids is 1. The normalized spacial score (nSPS) is 11.7. The molecule has 28 heavy (non-hydrogen) atoms. The molecule has 0 aliphatic rings. The molecule has 2 aromatic rings. The summed E-state index contributed by atoms with van der Waals surface area (Å²) in [5.74, 6) is 0.207. The maximum absolute atomic E-state index is 12.0. The number of hydrogen-bond donors (Lipinski definition) is 2. The third kappa shape index (κ3) is 7.89. The summed E-state index contributed by atoms with van der Waals surface area (Å²) in [7, 11) is -3.60. The van der Waals surface area contributed by atoms with Crippen molar-refractivity contribution in [3.63, 3.8) is 0 Å². The monoisotopic (exact) mass is 403 g/mol. The highest BCUT2D eigenvalue weighted by Gasteiger charge is 2.10. The molecule has 2 rings (SSSR count). The molecular weight excluding hydrogens is 378 g/mol. The average Bonchev–Trinajstić information content (AvgIpc) is 2.66. The minimum Gasteiger partial charge on any atom is -0.475 e. The van der Waals surface area contributed by atoms with Crippen LogP contribution >= 0.6 is 0 Å². The first-order valence-electron chi connectivity index (χ1n) is 8.96. The molecule has 0 spiro atoms. The Morgan fingerprint density at radius 3 is 2.64 bits per heavy atom. The second kappa shape index (κ2) is 10.6. The summed E-state index contributed by atoms with van der Waals surface area (Å²) in [5, 5.41) is 3.83. The van der Waals surface area contributed by atoms with Gasteiger partial charge in [0, 0.05) is 36.7 Å². The Balaban J connectivity index is 1.78. The van der Waals surface area contributed by atoms with Crippen LogP contribution in [0.2, 0.25) is 0 Å². The minimum absolute atomic E-state index is 0.00961. The van der Waals surface area contributed by atoms with Gasteiger partial charge >= 0.3 is 0 Å². The maximum atomic E-state index is 12.0. The summed E-state index contributed by atoms with van der Waals surface area (Å²) in [6, 6.07) is 12.7. The fraction of sp³-hybridized carbons (Fsp3) is 0.300. The second-order valence-corrected chi connectivity index (χ2v) is 7.96. The van der Waals surface area contributed by atoms with Gasteiger partial charge in [-0.05, 0) is 31.6 Å². The van der Waals surface area contributed by atoms with Crippen LogP contribution in [-0.4, -0.2) is 32.0 Å². The van der Waals surface area contributed by atoms with Gasteiger partial charge in [0.2, 0.25) is 21.8 Å². The quantitative estimate of drug-likeness (QED) is 0.635. The van der Waals surface area contributed by atoms with Crippen molar-refractivity contribution >= 4 is 22.0 Å². The SMILES string of the molecule is CC(C)Oc1ncccc1CNC(=O)CCNS(=O)(=O)/C=C/c1ccccc1.